The smallest absolute Gasteiger partial charge is 0.130 e. The lowest BCUT2D eigenvalue weighted by Gasteiger charge is -2.36. The molecule has 1 fully saturated rings. The normalized spacial score (nSPS) is 25.4. The summed E-state index contributed by atoms with van der Waals surface area (Å²) in [6, 6.07) is 3.95. The molecule has 0 aliphatic heterocycles. The summed E-state index contributed by atoms with van der Waals surface area (Å²) in [6.07, 6.45) is 2.21. The second-order valence-electron chi connectivity index (χ2n) is 4.58. The quantitative estimate of drug-likeness (QED) is 0.875. The van der Waals surface area contributed by atoms with Crippen LogP contribution in [0.25, 0.3) is 0 Å². The van der Waals surface area contributed by atoms with Crippen LogP contribution in [0.15, 0.2) is 18.2 Å². The van der Waals surface area contributed by atoms with Gasteiger partial charge < -0.3 is 10.1 Å². The molecular weight excluding hydrogens is 224 g/mol. The Balaban J connectivity index is 1.93. The van der Waals surface area contributed by atoms with Crippen LogP contribution in [0.1, 0.15) is 31.4 Å². The molecule has 17 heavy (non-hydrogen) atoms. The van der Waals surface area contributed by atoms with Gasteiger partial charge in [0, 0.05) is 30.8 Å². The fourth-order valence-corrected chi connectivity index (χ4v) is 2.19. The first-order valence-corrected chi connectivity index (χ1v) is 5.84. The first kappa shape index (κ1) is 12.5. The number of nitrogens with one attached hydrogen (secondary N) is 1. The molecule has 1 atom stereocenters. The lowest BCUT2D eigenvalue weighted by molar-refractivity contribution is 0.0146. The number of ether oxygens (including phenoxy) is 1. The average Bonchev–Trinajstić information content (AvgIpc) is 2.22. The largest absolute Gasteiger partial charge is 0.381 e. The number of halogens is 2. The van der Waals surface area contributed by atoms with Crippen molar-refractivity contribution in [1.29, 1.82) is 0 Å². The fourth-order valence-electron chi connectivity index (χ4n) is 2.19. The lowest BCUT2D eigenvalue weighted by Crippen LogP contribution is -2.45. The maximum Gasteiger partial charge on any atom is 0.130 e. The maximum absolute atomic E-state index is 13.5. The Hall–Kier alpha value is -1.00. The molecule has 0 spiro atoms. The molecule has 0 saturated heterocycles. The van der Waals surface area contributed by atoms with Crippen molar-refractivity contribution in [3.05, 3.63) is 35.4 Å². The zero-order chi connectivity index (χ0) is 12.4. The molecule has 2 rings (SSSR count). The van der Waals surface area contributed by atoms with E-state index < -0.39 is 11.6 Å². The minimum atomic E-state index is -0.540. The van der Waals surface area contributed by atoms with Crippen molar-refractivity contribution in [3.8, 4) is 0 Å². The van der Waals surface area contributed by atoms with Gasteiger partial charge in [0.05, 0.1) is 6.10 Å². The zero-order valence-electron chi connectivity index (χ0n) is 10.0. The van der Waals surface area contributed by atoms with Gasteiger partial charge in [-0.05, 0) is 25.8 Å². The summed E-state index contributed by atoms with van der Waals surface area (Å²) >= 11 is 0. The summed E-state index contributed by atoms with van der Waals surface area (Å²) in [7, 11) is 1.70. The summed E-state index contributed by atoms with van der Waals surface area (Å²) in [4.78, 5) is 0. The number of benzene rings is 1. The molecule has 0 bridgehead atoms. The van der Waals surface area contributed by atoms with Crippen molar-refractivity contribution in [2.45, 2.75) is 38.0 Å². The van der Waals surface area contributed by atoms with E-state index in [9.17, 15) is 8.78 Å². The summed E-state index contributed by atoms with van der Waals surface area (Å²) < 4.78 is 31.5. The Morgan fingerprint density at radius 3 is 2.65 bits per heavy atom. The molecule has 1 unspecified atom stereocenters. The Kier molecular flexibility index (Phi) is 3.74. The first-order chi connectivity index (χ1) is 8.10. The molecule has 2 nitrogen and oxygen atoms in total. The molecule has 1 saturated carbocycles. The van der Waals surface area contributed by atoms with Crippen LogP contribution in [0.3, 0.4) is 0 Å². The van der Waals surface area contributed by atoms with Crippen molar-refractivity contribution in [2.24, 2.45) is 0 Å². The molecule has 1 aromatic rings. The van der Waals surface area contributed by atoms with E-state index in [2.05, 4.69) is 5.32 Å². The lowest BCUT2D eigenvalue weighted by atomic mass is 9.88. The molecule has 0 radical (unpaired) electrons. The average molecular weight is 241 g/mol. The van der Waals surface area contributed by atoms with Gasteiger partial charge >= 0.3 is 0 Å². The van der Waals surface area contributed by atoms with Crippen LogP contribution in [-0.2, 0) is 4.74 Å². The summed E-state index contributed by atoms with van der Waals surface area (Å²) in [5, 5.41) is 3.31. The minimum Gasteiger partial charge on any atom is -0.381 e. The highest BCUT2D eigenvalue weighted by Crippen LogP contribution is 2.26. The van der Waals surface area contributed by atoms with Crippen LogP contribution in [0.4, 0.5) is 8.78 Å². The third-order valence-corrected chi connectivity index (χ3v) is 3.34. The van der Waals surface area contributed by atoms with Crippen LogP contribution in [0.5, 0.6) is 0 Å². The van der Waals surface area contributed by atoms with Crippen LogP contribution >= 0.6 is 0 Å². The van der Waals surface area contributed by atoms with Crippen LogP contribution in [0.2, 0.25) is 0 Å². The third kappa shape index (κ3) is 2.82. The highest BCUT2D eigenvalue weighted by molar-refractivity contribution is 5.21. The van der Waals surface area contributed by atoms with Gasteiger partial charge in [0.2, 0.25) is 0 Å². The highest BCUT2D eigenvalue weighted by atomic mass is 19.1. The van der Waals surface area contributed by atoms with E-state index in [0.717, 1.165) is 18.9 Å². The maximum atomic E-state index is 13.5. The zero-order valence-corrected chi connectivity index (χ0v) is 10.0. The second-order valence-corrected chi connectivity index (χ2v) is 4.58. The fraction of sp³-hybridized carbons (Fsp3) is 0.538. The highest BCUT2D eigenvalue weighted by Gasteiger charge is 2.30. The number of hydrogen-bond acceptors (Lipinski definition) is 2. The number of rotatable bonds is 4. The van der Waals surface area contributed by atoms with Gasteiger partial charge in [0.15, 0.2) is 0 Å². The van der Waals surface area contributed by atoms with Crippen LogP contribution in [-0.4, -0.2) is 19.3 Å². The molecular formula is C13H17F2NO. The molecule has 94 valence electrons. The SMILES string of the molecule is COC1CC(NC(C)c2ccc(F)cc2F)C1. The van der Waals surface area contributed by atoms with E-state index in [1.54, 1.807) is 7.11 Å². The van der Waals surface area contributed by atoms with Crippen molar-refractivity contribution >= 4 is 0 Å². The predicted octanol–water partition coefficient (Wildman–Crippen LogP) is 2.79. The number of hydrogen-bond donors (Lipinski definition) is 1. The van der Waals surface area contributed by atoms with Crippen molar-refractivity contribution in [3.63, 3.8) is 0 Å². The van der Waals surface area contributed by atoms with E-state index >= 15 is 0 Å². The van der Waals surface area contributed by atoms with E-state index in [4.69, 9.17) is 4.74 Å². The van der Waals surface area contributed by atoms with Gasteiger partial charge in [-0.15, -0.1) is 0 Å². The third-order valence-electron chi connectivity index (χ3n) is 3.34. The predicted molar refractivity (Wildman–Crippen MR) is 61.7 cm³/mol. The van der Waals surface area contributed by atoms with Gasteiger partial charge in [-0.3, -0.25) is 0 Å². The Morgan fingerprint density at radius 1 is 1.35 bits per heavy atom. The molecule has 0 heterocycles. The summed E-state index contributed by atoms with van der Waals surface area (Å²) in [6.45, 7) is 1.89. The molecule has 1 N–H and O–H groups in total. The molecule has 0 amide bonds. The van der Waals surface area contributed by atoms with Crippen molar-refractivity contribution in [1.82, 2.24) is 5.32 Å². The standard InChI is InChI=1S/C13H17F2NO/c1-8(16-10-6-11(7-10)17-2)12-4-3-9(14)5-13(12)15/h3-5,8,10-11,16H,6-7H2,1-2H3. The minimum absolute atomic E-state index is 0.113. The van der Waals surface area contributed by atoms with Gasteiger partial charge in [-0.25, -0.2) is 8.78 Å². The Labute approximate surface area is 100.0 Å². The molecule has 1 aromatic carbocycles. The monoisotopic (exact) mass is 241 g/mol. The van der Waals surface area contributed by atoms with E-state index in [-0.39, 0.29) is 6.04 Å². The van der Waals surface area contributed by atoms with E-state index in [0.29, 0.717) is 17.7 Å². The molecule has 0 aromatic heterocycles. The van der Waals surface area contributed by atoms with E-state index in [1.807, 2.05) is 6.92 Å². The summed E-state index contributed by atoms with van der Waals surface area (Å²) in [5.74, 6) is -1.03. The topological polar surface area (TPSA) is 21.3 Å². The van der Waals surface area contributed by atoms with Gasteiger partial charge in [-0.2, -0.15) is 0 Å². The Morgan fingerprint density at radius 2 is 2.06 bits per heavy atom. The Bertz CT molecular complexity index is 391. The van der Waals surface area contributed by atoms with Crippen molar-refractivity contribution < 1.29 is 13.5 Å². The van der Waals surface area contributed by atoms with Crippen LogP contribution in [0, 0.1) is 11.6 Å². The van der Waals surface area contributed by atoms with Gasteiger partial charge in [0.1, 0.15) is 11.6 Å². The molecule has 4 heteroatoms. The van der Waals surface area contributed by atoms with Gasteiger partial charge in [0.25, 0.3) is 0 Å². The number of methoxy groups -OCH3 is 1. The van der Waals surface area contributed by atoms with E-state index in [1.165, 1.54) is 12.1 Å². The first-order valence-electron chi connectivity index (χ1n) is 5.84. The van der Waals surface area contributed by atoms with Crippen molar-refractivity contribution in [2.75, 3.05) is 7.11 Å². The van der Waals surface area contributed by atoms with Crippen LogP contribution < -0.4 is 5.32 Å². The van der Waals surface area contributed by atoms with Gasteiger partial charge in [-0.1, -0.05) is 6.07 Å². The second kappa shape index (κ2) is 5.10. The molecule has 1 aliphatic rings. The summed E-state index contributed by atoms with van der Waals surface area (Å²) in [5.41, 5.74) is 0.507. The molecule has 1 aliphatic carbocycles.